The Kier molecular flexibility index (Phi) is 3.12. The molecule has 1 aliphatic rings. The van der Waals surface area contributed by atoms with Crippen molar-refractivity contribution < 1.29 is 13.2 Å². The molecule has 1 aromatic carbocycles. The lowest BCUT2D eigenvalue weighted by molar-refractivity contribution is 0.464. The molecule has 0 amide bonds. The predicted molar refractivity (Wildman–Crippen MR) is 70.6 cm³/mol. The average molecular weight is 278 g/mol. The minimum atomic E-state index is -1.28. The van der Waals surface area contributed by atoms with Crippen LogP contribution >= 0.6 is 0 Å². The van der Waals surface area contributed by atoms with Gasteiger partial charge >= 0.3 is 0 Å². The van der Waals surface area contributed by atoms with Crippen LogP contribution in [0.3, 0.4) is 0 Å². The van der Waals surface area contributed by atoms with Gasteiger partial charge in [0.15, 0.2) is 17.5 Å². The highest BCUT2D eigenvalue weighted by Crippen LogP contribution is 2.34. The van der Waals surface area contributed by atoms with Crippen molar-refractivity contribution in [1.82, 2.24) is 4.98 Å². The zero-order chi connectivity index (χ0) is 14.3. The topological polar surface area (TPSA) is 16.1 Å². The van der Waals surface area contributed by atoms with Gasteiger partial charge < -0.3 is 4.90 Å². The third-order valence-electron chi connectivity index (χ3n) is 3.48. The Balaban J connectivity index is 2.11. The van der Waals surface area contributed by atoms with Gasteiger partial charge in [0, 0.05) is 18.3 Å². The van der Waals surface area contributed by atoms with Crippen LogP contribution in [0.2, 0.25) is 0 Å². The van der Waals surface area contributed by atoms with Crippen molar-refractivity contribution >= 4 is 11.5 Å². The van der Waals surface area contributed by atoms with E-state index in [0.29, 0.717) is 12.6 Å². The Bertz CT molecular complexity index is 670. The number of pyridine rings is 1. The molecular weight excluding hydrogens is 265 g/mol. The van der Waals surface area contributed by atoms with Crippen LogP contribution in [0, 0.1) is 24.5 Å². The quantitative estimate of drug-likeness (QED) is 0.736. The van der Waals surface area contributed by atoms with E-state index >= 15 is 0 Å². The minimum Gasteiger partial charge on any atom is -0.324 e. The molecule has 5 heteroatoms. The highest BCUT2D eigenvalue weighted by molar-refractivity contribution is 5.66. The molecule has 0 atom stereocenters. The van der Waals surface area contributed by atoms with E-state index in [1.807, 2.05) is 25.1 Å². The number of halogens is 3. The molecule has 0 aliphatic carbocycles. The molecule has 0 bridgehead atoms. The standard InChI is InChI=1S/C15H13F3N2/c1-9-4-5-13-10(7-9)3-2-6-20(13)15-12(17)8-11(16)14(18)19-15/h4-5,7-8H,2-3,6H2,1H3. The number of hydrogen-bond acceptors (Lipinski definition) is 2. The monoisotopic (exact) mass is 278 g/mol. The third-order valence-corrected chi connectivity index (χ3v) is 3.48. The van der Waals surface area contributed by atoms with E-state index < -0.39 is 17.6 Å². The van der Waals surface area contributed by atoms with Crippen LogP contribution in [0.4, 0.5) is 24.7 Å². The van der Waals surface area contributed by atoms with Gasteiger partial charge in [-0.25, -0.2) is 8.78 Å². The molecule has 2 aromatic rings. The van der Waals surface area contributed by atoms with Gasteiger partial charge in [-0.2, -0.15) is 9.37 Å². The Hall–Kier alpha value is -2.04. The zero-order valence-corrected chi connectivity index (χ0v) is 11.0. The fraction of sp³-hybridized carbons (Fsp3) is 0.267. The number of aromatic nitrogens is 1. The number of fused-ring (bicyclic) bond motifs is 1. The van der Waals surface area contributed by atoms with Crippen LogP contribution in [0.5, 0.6) is 0 Å². The van der Waals surface area contributed by atoms with E-state index in [1.165, 1.54) is 0 Å². The first kappa shape index (κ1) is 13.0. The minimum absolute atomic E-state index is 0.159. The molecule has 0 saturated heterocycles. The first-order valence-corrected chi connectivity index (χ1v) is 6.45. The molecule has 0 N–H and O–H groups in total. The lowest BCUT2D eigenvalue weighted by atomic mass is 9.99. The second-order valence-electron chi connectivity index (χ2n) is 4.95. The van der Waals surface area contributed by atoms with E-state index in [0.717, 1.165) is 29.7 Å². The van der Waals surface area contributed by atoms with E-state index in [2.05, 4.69) is 4.98 Å². The molecule has 0 unspecified atom stereocenters. The Labute approximate surface area is 114 Å². The molecule has 1 aliphatic heterocycles. The van der Waals surface area contributed by atoms with E-state index in [1.54, 1.807) is 4.90 Å². The fourth-order valence-corrected chi connectivity index (χ4v) is 2.57. The maximum Gasteiger partial charge on any atom is 0.251 e. The molecule has 0 radical (unpaired) electrons. The molecule has 1 aromatic heterocycles. The van der Waals surface area contributed by atoms with Gasteiger partial charge in [-0.15, -0.1) is 0 Å². The molecule has 20 heavy (non-hydrogen) atoms. The first-order valence-electron chi connectivity index (χ1n) is 6.45. The number of aryl methyl sites for hydroxylation is 2. The normalized spacial score (nSPS) is 14.3. The molecule has 104 valence electrons. The number of hydrogen-bond donors (Lipinski definition) is 0. The van der Waals surface area contributed by atoms with Crippen molar-refractivity contribution in [3.63, 3.8) is 0 Å². The Morgan fingerprint density at radius 1 is 1.10 bits per heavy atom. The van der Waals surface area contributed by atoms with E-state index in [9.17, 15) is 13.2 Å². The van der Waals surface area contributed by atoms with Gasteiger partial charge in [-0.3, -0.25) is 0 Å². The van der Waals surface area contributed by atoms with Gasteiger partial charge in [-0.1, -0.05) is 17.7 Å². The SMILES string of the molecule is Cc1ccc2c(c1)CCCN2c1nc(F)c(F)cc1F. The Morgan fingerprint density at radius 2 is 1.90 bits per heavy atom. The average Bonchev–Trinajstić information content (AvgIpc) is 2.42. The summed E-state index contributed by atoms with van der Waals surface area (Å²) in [6.07, 6.45) is 1.70. The summed E-state index contributed by atoms with van der Waals surface area (Å²) < 4.78 is 40.1. The van der Waals surface area contributed by atoms with Gasteiger partial charge in [0.25, 0.3) is 5.95 Å². The number of rotatable bonds is 1. The highest BCUT2D eigenvalue weighted by atomic mass is 19.2. The van der Waals surface area contributed by atoms with Crippen LogP contribution < -0.4 is 4.90 Å². The predicted octanol–water partition coefficient (Wildman–Crippen LogP) is 3.89. The van der Waals surface area contributed by atoms with Crippen molar-refractivity contribution in [2.75, 3.05) is 11.4 Å². The van der Waals surface area contributed by atoms with Gasteiger partial charge in [0.05, 0.1) is 0 Å². The Morgan fingerprint density at radius 3 is 2.70 bits per heavy atom. The molecule has 0 fully saturated rings. The summed E-state index contributed by atoms with van der Waals surface area (Å²) in [4.78, 5) is 5.03. The molecule has 3 rings (SSSR count). The molecular formula is C15H13F3N2. The summed E-state index contributed by atoms with van der Waals surface area (Å²) in [5, 5.41) is 0. The van der Waals surface area contributed by atoms with Gasteiger partial charge in [0.2, 0.25) is 0 Å². The van der Waals surface area contributed by atoms with Crippen molar-refractivity contribution in [3.05, 3.63) is 53.0 Å². The van der Waals surface area contributed by atoms with Crippen LogP contribution in [0.15, 0.2) is 24.3 Å². The van der Waals surface area contributed by atoms with Crippen molar-refractivity contribution in [2.45, 2.75) is 19.8 Å². The lowest BCUT2D eigenvalue weighted by Crippen LogP contribution is -2.26. The zero-order valence-electron chi connectivity index (χ0n) is 11.0. The maximum atomic E-state index is 13.9. The van der Waals surface area contributed by atoms with Crippen LogP contribution in [0.25, 0.3) is 0 Å². The molecule has 2 nitrogen and oxygen atoms in total. The van der Waals surface area contributed by atoms with Crippen LogP contribution in [-0.4, -0.2) is 11.5 Å². The summed E-state index contributed by atoms with van der Waals surface area (Å²) in [6, 6.07) is 6.35. The van der Waals surface area contributed by atoms with Crippen molar-refractivity contribution in [3.8, 4) is 0 Å². The maximum absolute atomic E-state index is 13.9. The largest absolute Gasteiger partial charge is 0.324 e. The number of benzene rings is 1. The highest BCUT2D eigenvalue weighted by Gasteiger charge is 2.23. The first-order chi connectivity index (χ1) is 9.56. The second kappa shape index (κ2) is 4.81. The van der Waals surface area contributed by atoms with Gasteiger partial charge in [-0.05, 0) is 31.4 Å². The second-order valence-corrected chi connectivity index (χ2v) is 4.95. The lowest BCUT2D eigenvalue weighted by Gasteiger charge is -2.30. The van der Waals surface area contributed by atoms with Crippen molar-refractivity contribution in [1.29, 1.82) is 0 Å². The summed E-state index contributed by atoms with van der Waals surface area (Å²) in [7, 11) is 0. The van der Waals surface area contributed by atoms with E-state index in [-0.39, 0.29) is 5.82 Å². The van der Waals surface area contributed by atoms with Gasteiger partial charge in [0.1, 0.15) is 0 Å². The smallest absolute Gasteiger partial charge is 0.251 e. The summed E-state index contributed by atoms with van der Waals surface area (Å²) in [6.45, 7) is 2.51. The summed E-state index contributed by atoms with van der Waals surface area (Å²) >= 11 is 0. The molecule has 2 heterocycles. The fourth-order valence-electron chi connectivity index (χ4n) is 2.57. The van der Waals surface area contributed by atoms with Crippen molar-refractivity contribution in [2.24, 2.45) is 0 Å². The van der Waals surface area contributed by atoms with E-state index in [4.69, 9.17) is 0 Å². The number of anilines is 2. The summed E-state index contributed by atoms with van der Waals surface area (Å²) in [5.41, 5.74) is 2.99. The molecule has 0 spiro atoms. The summed E-state index contributed by atoms with van der Waals surface area (Å²) in [5.74, 6) is -3.56. The number of nitrogens with zero attached hydrogens (tertiary/aromatic N) is 2. The van der Waals surface area contributed by atoms with Crippen LogP contribution in [-0.2, 0) is 6.42 Å². The van der Waals surface area contributed by atoms with Crippen LogP contribution in [0.1, 0.15) is 17.5 Å². The molecule has 0 saturated carbocycles. The third kappa shape index (κ3) is 2.13.